The zero-order chi connectivity index (χ0) is 15.0. The van der Waals surface area contributed by atoms with Crippen LogP contribution in [0, 0.1) is 5.92 Å². The minimum Gasteiger partial charge on any atom is -0.480 e. The molecular weight excluding hydrogens is 262 g/mol. The molecule has 0 spiro atoms. The van der Waals surface area contributed by atoms with Crippen molar-refractivity contribution in [1.82, 2.24) is 5.32 Å². The highest BCUT2D eigenvalue weighted by atomic mass is 16.5. The number of carboxylic acids is 1. The van der Waals surface area contributed by atoms with E-state index in [9.17, 15) is 9.59 Å². The van der Waals surface area contributed by atoms with Crippen molar-refractivity contribution in [3.8, 4) is 0 Å². The molecule has 0 heterocycles. The predicted molar refractivity (Wildman–Crippen MR) is 73.4 cm³/mol. The minimum absolute atomic E-state index is 0.185. The van der Waals surface area contributed by atoms with Gasteiger partial charge in [-0.15, -0.1) is 0 Å². The van der Waals surface area contributed by atoms with E-state index in [1.165, 1.54) is 0 Å². The molecule has 6 heteroatoms. The van der Waals surface area contributed by atoms with Gasteiger partial charge in [-0.3, -0.25) is 4.79 Å². The number of ether oxygens (including phenoxy) is 2. The fourth-order valence-corrected chi connectivity index (χ4v) is 2.42. The number of carboxylic acid groups (broad SMARTS) is 1. The normalized spacial score (nSPS) is 22.9. The van der Waals surface area contributed by atoms with Crippen LogP contribution in [0.2, 0.25) is 0 Å². The van der Waals surface area contributed by atoms with Crippen LogP contribution >= 0.6 is 0 Å². The third-order valence-corrected chi connectivity index (χ3v) is 3.54. The third kappa shape index (κ3) is 5.88. The van der Waals surface area contributed by atoms with E-state index in [4.69, 9.17) is 14.6 Å². The maximum absolute atomic E-state index is 11.8. The molecule has 1 rings (SSSR count). The zero-order valence-electron chi connectivity index (χ0n) is 12.3. The van der Waals surface area contributed by atoms with Crippen molar-refractivity contribution in [1.29, 1.82) is 0 Å². The molecule has 20 heavy (non-hydrogen) atoms. The SMILES string of the molecule is CCOC1CC(CC(=O)NC(CCCOC)C(=O)O)C1. The Bertz CT molecular complexity index is 315. The first-order valence-corrected chi connectivity index (χ1v) is 7.19. The molecule has 0 aromatic carbocycles. The number of rotatable bonds is 10. The van der Waals surface area contributed by atoms with E-state index in [0.717, 1.165) is 12.8 Å². The lowest BCUT2D eigenvalue weighted by Gasteiger charge is -2.34. The topological polar surface area (TPSA) is 84.9 Å². The number of carbonyl (C=O) groups is 2. The van der Waals surface area contributed by atoms with Crippen LogP contribution in [0.5, 0.6) is 0 Å². The maximum Gasteiger partial charge on any atom is 0.326 e. The molecule has 1 aliphatic rings. The molecule has 0 bridgehead atoms. The largest absolute Gasteiger partial charge is 0.480 e. The summed E-state index contributed by atoms with van der Waals surface area (Å²) < 4.78 is 10.3. The molecule has 0 saturated heterocycles. The molecule has 1 fully saturated rings. The summed E-state index contributed by atoms with van der Waals surface area (Å²) in [7, 11) is 1.57. The first-order chi connectivity index (χ1) is 9.56. The number of hydrogen-bond acceptors (Lipinski definition) is 4. The summed E-state index contributed by atoms with van der Waals surface area (Å²) >= 11 is 0. The van der Waals surface area contributed by atoms with Gasteiger partial charge in [0.05, 0.1) is 6.10 Å². The van der Waals surface area contributed by atoms with Gasteiger partial charge in [-0.2, -0.15) is 0 Å². The van der Waals surface area contributed by atoms with Crippen LogP contribution in [0.3, 0.4) is 0 Å². The minimum atomic E-state index is -0.991. The molecular formula is C14H25NO5. The van der Waals surface area contributed by atoms with Crippen LogP contribution in [0.4, 0.5) is 0 Å². The molecule has 2 N–H and O–H groups in total. The van der Waals surface area contributed by atoms with Gasteiger partial charge < -0.3 is 19.9 Å². The average molecular weight is 287 g/mol. The quantitative estimate of drug-likeness (QED) is 0.590. The fourth-order valence-electron chi connectivity index (χ4n) is 2.42. The number of methoxy groups -OCH3 is 1. The van der Waals surface area contributed by atoms with Gasteiger partial charge >= 0.3 is 5.97 Å². The van der Waals surface area contributed by atoms with E-state index in [1.807, 2.05) is 6.92 Å². The van der Waals surface area contributed by atoms with Gasteiger partial charge in [-0.1, -0.05) is 0 Å². The summed E-state index contributed by atoms with van der Waals surface area (Å²) in [6.07, 6.45) is 3.45. The highest BCUT2D eigenvalue weighted by Crippen LogP contribution is 2.32. The van der Waals surface area contributed by atoms with Crippen LogP contribution in [-0.2, 0) is 19.1 Å². The molecule has 1 atom stereocenters. The van der Waals surface area contributed by atoms with Crippen LogP contribution in [-0.4, -0.2) is 49.5 Å². The number of nitrogens with one attached hydrogen (secondary N) is 1. The Morgan fingerprint density at radius 3 is 2.65 bits per heavy atom. The standard InChI is InChI=1S/C14H25NO5/c1-3-20-11-7-10(8-11)9-13(16)15-12(14(17)18)5-4-6-19-2/h10-12H,3-9H2,1-2H3,(H,15,16)(H,17,18). The van der Waals surface area contributed by atoms with Crippen LogP contribution in [0.15, 0.2) is 0 Å². The van der Waals surface area contributed by atoms with E-state index in [2.05, 4.69) is 5.32 Å². The van der Waals surface area contributed by atoms with Gasteiger partial charge in [-0.25, -0.2) is 4.79 Å². The summed E-state index contributed by atoms with van der Waals surface area (Å²) in [6, 6.07) is -0.819. The van der Waals surface area contributed by atoms with Gasteiger partial charge in [0.25, 0.3) is 0 Å². The van der Waals surface area contributed by atoms with Crippen molar-refractivity contribution in [2.45, 2.75) is 51.2 Å². The van der Waals surface area contributed by atoms with E-state index in [-0.39, 0.29) is 12.0 Å². The van der Waals surface area contributed by atoms with Crippen molar-refractivity contribution < 1.29 is 24.2 Å². The summed E-state index contributed by atoms with van der Waals surface area (Å²) in [4.78, 5) is 22.9. The summed E-state index contributed by atoms with van der Waals surface area (Å²) in [5.41, 5.74) is 0. The predicted octanol–water partition coefficient (Wildman–Crippen LogP) is 1.19. The summed E-state index contributed by atoms with van der Waals surface area (Å²) in [5.74, 6) is -0.856. The molecule has 0 aromatic heterocycles. The van der Waals surface area contributed by atoms with E-state index >= 15 is 0 Å². The number of amides is 1. The molecule has 6 nitrogen and oxygen atoms in total. The van der Waals surface area contributed by atoms with E-state index in [0.29, 0.717) is 38.4 Å². The number of aliphatic carboxylic acids is 1. The van der Waals surface area contributed by atoms with Crippen LogP contribution < -0.4 is 5.32 Å². The second-order valence-corrected chi connectivity index (χ2v) is 5.21. The van der Waals surface area contributed by atoms with Gasteiger partial charge in [0.15, 0.2) is 0 Å². The lowest BCUT2D eigenvalue weighted by molar-refractivity contribution is -0.142. The fraction of sp³-hybridized carbons (Fsp3) is 0.857. The highest BCUT2D eigenvalue weighted by Gasteiger charge is 2.32. The number of hydrogen-bond donors (Lipinski definition) is 2. The molecule has 0 aliphatic heterocycles. The maximum atomic E-state index is 11.8. The second kappa shape index (κ2) is 8.92. The summed E-state index contributed by atoms with van der Waals surface area (Å²) in [6.45, 7) is 3.15. The van der Waals surface area contributed by atoms with Gasteiger partial charge in [0, 0.05) is 26.7 Å². The van der Waals surface area contributed by atoms with Crippen molar-refractivity contribution >= 4 is 11.9 Å². The van der Waals surface area contributed by atoms with E-state index in [1.54, 1.807) is 7.11 Å². The smallest absolute Gasteiger partial charge is 0.326 e. The number of carbonyl (C=O) groups excluding carboxylic acids is 1. The molecule has 1 amide bonds. The third-order valence-electron chi connectivity index (χ3n) is 3.54. The van der Waals surface area contributed by atoms with Gasteiger partial charge in [0.2, 0.25) is 5.91 Å². The summed E-state index contributed by atoms with van der Waals surface area (Å²) in [5, 5.41) is 11.6. The van der Waals surface area contributed by atoms with Gasteiger partial charge in [0.1, 0.15) is 6.04 Å². The lowest BCUT2D eigenvalue weighted by Crippen LogP contribution is -2.43. The second-order valence-electron chi connectivity index (χ2n) is 5.21. The van der Waals surface area contributed by atoms with Gasteiger partial charge in [-0.05, 0) is 38.5 Å². The first kappa shape index (κ1) is 16.9. The van der Waals surface area contributed by atoms with E-state index < -0.39 is 12.0 Å². The molecule has 116 valence electrons. The molecule has 1 unspecified atom stereocenters. The van der Waals surface area contributed by atoms with Crippen molar-refractivity contribution in [3.05, 3.63) is 0 Å². The highest BCUT2D eigenvalue weighted by molar-refractivity contribution is 5.83. The van der Waals surface area contributed by atoms with Crippen molar-refractivity contribution in [2.24, 2.45) is 5.92 Å². The molecule has 0 radical (unpaired) electrons. The van der Waals surface area contributed by atoms with Crippen LogP contribution in [0.25, 0.3) is 0 Å². The Kier molecular flexibility index (Phi) is 7.54. The van der Waals surface area contributed by atoms with Crippen LogP contribution in [0.1, 0.15) is 39.0 Å². The zero-order valence-corrected chi connectivity index (χ0v) is 12.3. The monoisotopic (exact) mass is 287 g/mol. The Morgan fingerprint density at radius 1 is 1.40 bits per heavy atom. The Labute approximate surface area is 119 Å². The molecule has 0 aromatic rings. The average Bonchev–Trinajstić information content (AvgIpc) is 2.35. The molecule has 1 aliphatic carbocycles. The Balaban J connectivity index is 2.23. The van der Waals surface area contributed by atoms with Crippen molar-refractivity contribution in [2.75, 3.05) is 20.3 Å². The first-order valence-electron chi connectivity index (χ1n) is 7.19. The Hall–Kier alpha value is -1.14. The Morgan fingerprint density at radius 2 is 2.10 bits per heavy atom. The lowest BCUT2D eigenvalue weighted by atomic mass is 9.80. The molecule has 1 saturated carbocycles. The van der Waals surface area contributed by atoms with Crippen molar-refractivity contribution in [3.63, 3.8) is 0 Å².